The van der Waals surface area contributed by atoms with Gasteiger partial charge in [-0.2, -0.15) is 0 Å². The molecule has 2 aromatic carbocycles. The number of rotatable bonds is 7. The third-order valence-electron chi connectivity index (χ3n) is 6.48. The van der Waals surface area contributed by atoms with Crippen molar-refractivity contribution in [3.63, 3.8) is 0 Å². The number of carbonyl (C=O) groups excluding carboxylic acids is 1. The second kappa shape index (κ2) is 10.9. The predicted octanol–water partition coefficient (Wildman–Crippen LogP) is 5.31. The maximum atomic E-state index is 14.8. The van der Waals surface area contributed by atoms with Crippen molar-refractivity contribution in [3.8, 4) is 22.0 Å². The van der Waals surface area contributed by atoms with Crippen LogP contribution in [0.15, 0.2) is 70.3 Å². The lowest BCUT2D eigenvalue weighted by Gasteiger charge is -2.11. The lowest BCUT2D eigenvalue weighted by atomic mass is 9.95. The molecule has 6 rings (SSSR count). The molecule has 5 aromatic rings. The van der Waals surface area contributed by atoms with Crippen molar-refractivity contribution in [2.24, 2.45) is 4.99 Å². The number of hydrogen-bond acceptors (Lipinski definition) is 10. The molecule has 0 spiro atoms. The van der Waals surface area contributed by atoms with Gasteiger partial charge in [-0.1, -0.05) is 61.4 Å². The van der Waals surface area contributed by atoms with Crippen LogP contribution in [0.1, 0.15) is 41.4 Å². The fraction of sp³-hybridized carbons (Fsp3) is 0.207. The molecule has 1 aliphatic rings. The molecule has 0 radical (unpaired) electrons. The lowest BCUT2D eigenvalue weighted by Crippen LogP contribution is -2.29. The van der Waals surface area contributed by atoms with E-state index in [1.807, 2.05) is 44.2 Å². The van der Waals surface area contributed by atoms with E-state index in [2.05, 4.69) is 25.5 Å². The minimum absolute atomic E-state index is 0.00511. The number of hydrogen-bond donors (Lipinski definition) is 1. The summed E-state index contributed by atoms with van der Waals surface area (Å²) in [7, 11) is 0. The Morgan fingerprint density at radius 2 is 1.80 bits per heavy atom. The maximum Gasteiger partial charge on any atom is 0.317 e. The van der Waals surface area contributed by atoms with Crippen LogP contribution in [0.5, 0.6) is 0 Å². The summed E-state index contributed by atoms with van der Waals surface area (Å²) in [4.78, 5) is 32.3. The zero-order valence-electron chi connectivity index (χ0n) is 21.8. The number of nitrogens with zero attached hydrogens (tertiary/aromatic N) is 6. The molecule has 0 aliphatic carbocycles. The van der Waals surface area contributed by atoms with Crippen LogP contribution in [-0.4, -0.2) is 42.8 Å². The summed E-state index contributed by atoms with van der Waals surface area (Å²) in [6.45, 7) is 4.01. The highest BCUT2D eigenvalue weighted by Crippen LogP contribution is 2.36. The van der Waals surface area contributed by atoms with Crippen LogP contribution < -0.4 is 5.32 Å². The number of nitrogens with one attached hydrogen (secondary N) is 1. The number of halogens is 1. The van der Waals surface area contributed by atoms with E-state index in [1.165, 1.54) is 17.4 Å². The first kappa shape index (κ1) is 25.6. The molecule has 1 aliphatic heterocycles. The van der Waals surface area contributed by atoms with Crippen LogP contribution >= 0.6 is 11.3 Å². The molecule has 1 atom stereocenters. The predicted molar refractivity (Wildman–Crippen MR) is 150 cm³/mol. The summed E-state index contributed by atoms with van der Waals surface area (Å²) in [5.41, 5.74) is 3.46. The Kier molecular flexibility index (Phi) is 6.95. The van der Waals surface area contributed by atoms with E-state index in [1.54, 1.807) is 24.5 Å². The van der Waals surface area contributed by atoms with Gasteiger partial charge in [-0.05, 0) is 12.5 Å². The van der Waals surface area contributed by atoms with Crippen molar-refractivity contribution in [2.45, 2.75) is 39.3 Å². The molecule has 9 nitrogen and oxygen atoms in total. The highest BCUT2D eigenvalue weighted by atomic mass is 32.1. The molecule has 0 bridgehead atoms. The molecule has 11 heteroatoms. The zero-order valence-corrected chi connectivity index (χ0v) is 22.6. The first-order valence-corrected chi connectivity index (χ1v) is 13.7. The number of fused-ring (bicyclic) bond motifs is 1. The molecule has 1 N–H and O–H groups in total. The van der Waals surface area contributed by atoms with Crippen LogP contribution in [0.2, 0.25) is 0 Å². The smallest absolute Gasteiger partial charge is 0.317 e. The molecular weight excluding hydrogens is 529 g/mol. The minimum atomic E-state index is -1.06. The van der Waals surface area contributed by atoms with E-state index in [4.69, 9.17) is 14.4 Å². The van der Waals surface area contributed by atoms with Crippen molar-refractivity contribution in [2.75, 3.05) is 5.32 Å². The lowest BCUT2D eigenvalue weighted by molar-refractivity contribution is -0.119. The van der Waals surface area contributed by atoms with E-state index >= 15 is 0 Å². The first-order valence-electron chi connectivity index (χ1n) is 12.9. The Morgan fingerprint density at radius 3 is 2.55 bits per heavy atom. The van der Waals surface area contributed by atoms with Crippen molar-refractivity contribution in [1.82, 2.24) is 25.1 Å². The average molecular weight is 554 g/mol. The van der Waals surface area contributed by atoms with Gasteiger partial charge in [0.2, 0.25) is 0 Å². The van der Waals surface area contributed by atoms with Crippen molar-refractivity contribution in [1.29, 1.82) is 0 Å². The highest BCUT2D eigenvalue weighted by Gasteiger charge is 2.29. The van der Waals surface area contributed by atoms with Gasteiger partial charge in [-0.3, -0.25) is 9.79 Å². The second-order valence-corrected chi connectivity index (χ2v) is 10.2. The van der Waals surface area contributed by atoms with E-state index in [-0.39, 0.29) is 24.1 Å². The number of anilines is 1. The van der Waals surface area contributed by atoms with Gasteiger partial charge in [0.1, 0.15) is 17.3 Å². The van der Waals surface area contributed by atoms with Gasteiger partial charge in [0, 0.05) is 47.5 Å². The fourth-order valence-electron chi connectivity index (χ4n) is 4.45. The summed E-state index contributed by atoms with van der Waals surface area (Å²) in [5.74, 6) is 0.165. The number of aryl methyl sites for hydroxylation is 2. The zero-order chi connectivity index (χ0) is 27.6. The molecule has 0 fully saturated rings. The molecule has 0 saturated heterocycles. The Labute approximate surface area is 233 Å². The van der Waals surface area contributed by atoms with Crippen LogP contribution in [0, 0.1) is 5.82 Å². The number of benzene rings is 2. The third-order valence-corrected chi connectivity index (χ3v) is 7.73. The van der Waals surface area contributed by atoms with E-state index in [9.17, 15) is 9.18 Å². The van der Waals surface area contributed by atoms with Crippen LogP contribution in [0.4, 0.5) is 10.4 Å². The Hall–Kier alpha value is -4.64. The Balaban J connectivity index is 1.35. The summed E-state index contributed by atoms with van der Waals surface area (Å²) in [6.07, 6.45) is 3.80. The summed E-state index contributed by atoms with van der Waals surface area (Å²) < 4.78 is 20.8. The molecular formula is C29H24FN7O2S. The van der Waals surface area contributed by atoms with Gasteiger partial charge >= 0.3 is 6.01 Å². The van der Waals surface area contributed by atoms with Crippen molar-refractivity contribution in [3.05, 3.63) is 94.3 Å². The summed E-state index contributed by atoms with van der Waals surface area (Å²) in [5, 5.41) is 12.2. The fourth-order valence-corrected chi connectivity index (χ4v) is 5.42. The van der Waals surface area contributed by atoms with Crippen LogP contribution in [0.3, 0.4) is 0 Å². The van der Waals surface area contributed by atoms with Gasteiger partial charge in [-0.15, -0.1) is 16.4 Å². The number of thiazole rings is 1. The largest absolute Gasteiger partial charge is 0.402 e. The van der Waals surface area contributed by atoms with Crippen molar-refractivity contribution < 1.29 is 13.6 Å². The monoisotopic (exact) mass is 553 g/mol. The molecule has 40 heavy (non-hydrogen) atoms. The maximum absolute atomic E-state index is 14.8. The van der Waals surface area contributed by atoms with Crippen LogP contribution in [0.25, 0.3) is 22.0 Å². The number of aromatic nitrogens is 5. The van der Waals surface area contributed by atoms with Gasteiger partial charge in [0.15, 0.2) is 11.9 Å². The Morgan fingerprint density at radius 1 is 1.00 bits per heavy atom. The van der Waals surface area contributed by atoms with E-state index < -0.39 is 12.0 Å². The van der Waals surface area contributed by atoms with Gasteiger partial charge in [0.25, 0.3) is 5.89 Å². The average Bonchev–Trinajstić information content (AvgIpc) is 3.61. The van der Waals surface area contributed by atoms with Gasteiger partial charge in [-0.25, -0.2) is 19.3 Å². The number of carbonyl (C=O) groups is 1. The summed E-state index contributed by atoms with van der Waals surface area (Å²) in [6, 6.07) is 14.1. The number of Topliss-reactive ketones (excluding diaryl/α,β-unsaturated/α-hetero) is 1. The molecule has 0 unspecified atom stereocenters. The topological polar surface area (TPSA) is 119 Å². The minimum Gasteiger partial charge on any atom is -0.402 e. The first-order chi connectivity index (χ1) is 19.5. The van der Waals surface area contributed by atoms with E-state index in [0.29, 0.717) is 22.5 Å². The third kappa shape index (κ3) is 4.91. The summed E-state index contributed by atoms with van der Waals surface area (Å²) >= 11 is 1.51. The standard InChI is InChI=1S/C29H24FN7O2S/c1-3-22-31-14-17(15-32-22)26-25(33-23(4-2)40-26)28-36-37-29(39-28)35-27-21(38)13-19-18(11-8-12-20(19)30)24(34-27)16-9-6-5-7-10-16/h5-12,14-15,27H,3-4,13H2,1-2H3,(H,35,37)/t27-/m1/s1. The molecule has 3 aromatic heterocycles. The SMILES string of the molecule is CCc1ncc(-c2sc(CC)nc2-c2nnc(N[C@H]3N=C(c4ccccc4)c4cccc(F)c4CC3=O)o2)cn1. The van der Waals surface area contributed by atoms with Crippen LogP contribution in [-0.2, 0) is 24.1 Å². The van der Waals surface area contributed by atoms with Gasteiger partial charge < -0.3 is 9.73 Å². The Bertz CT molecular complexity index is 1710. The quantitative estimate of drug-likeness (QED) is 0.288. The normalized spacial score (nSPS) is 14.9. The molecule has 4 heterocycles. The van der Waals surface area contributed by atoms with E-state index in [0.717, 1.165) is 39.7 Å². The molecule has 0 amide bonds. The van der Waals surface area contributed by atoms with Crippen molar-refractivity contribution >= 4 is 28.8 Å². The molecule has 200 valence electrons. The second-order valence-electron chi connectivity index (χ2n) is 9.09. The van der Waals surface area contributed by atoms with Gasteiger partial charge in [0.05, 0.1) is 15.6 Å². The highest BCUT2D eigenvalue weighted by molar-refractivity contribution is 7.15. The molecule has 0 saturated carbocycles. The number of aliphatic imine (C=N–C) groups is 1. The number of ketones is 1.